The summed E-state index contributed by atoms with van der Waals surface area (Å²) in [4.78, 5) is 0. The Morgan fingerprint density at radius 2 is 2.27 bits per heavy atom. The van der Waals surface area contributed by atoms with E-state index in [1.165, 1.54) is 12.1 Å². The lowest BCUT2D eigenvalue weighted by Gasteiger charge is -2.04. The molecule has 1 atom stereocenters. The standard InChI is InChI=1S/C7H8O3S/c8-7-3-1-2-6(4-7)5-11(9)10/h1-4,8H,5H2,(H,9,10)/p-1. The number of benzene rings is 1. The van der Waals surface area contributed by atoms with Crippen LogP contribution in [0.1, 0.15) is 5.56 Å². The maximum atomic E-state index is 10.2. The van der Waals surface area contributed by atoms with E-state index in [-0.39, 0.29) is 11.5 Å². The van der Waals surface area contributed by atoms with Crippen molar-refractivity contribution in [1.29, 1.82) is 0 Å². The minimum absolute atomic E-state index is 0.0472. The summed E-state index contributed by atoms with van der Waals surface area (Å²) in [5.41, 5.74) is 0.596. The first-order chi connectivity index (χ1) is 5.18. The third-order valence-corrected chi connectivity index (χ3v) is 1.76. The molecule has 4 heteroatoms. The molecule has 60 valence electrons. The molecule has 1 rings (SSSR count). The van der Waals surface area contributed by atoms with Crippen LogP contribution in [0.5, 0.6) is 5.75 Å². The first kappa shape index (κ1) is 8.23. The molecule has 0 amide bonds. The van der Waals surface area contributed by atoms with E-state index < -0.39 is 11.1 Å². The molecule has 0 saturated heterocycles. The van der Waals surface area contributed by atoms with Gasteiger partial charge in [0.2, 0.25) is 0 Å². The molecule has 0 aliphatic carbocycles. The van der Waals surface area contributed by atoms with E-state index in [4.69, 9.17) is 5.11 Å². The fourth-order valence-electron chi connectivity index (χ4n) is 0.782. The van der Waals surface area contributed by atoms with Crippen LogP contribution in [0.25, 0.3) is 0 Å². The third-order valence-electron chi connectivity index (χ3n) is 1.20. The van der Waals surface area contributed by atoms with Crippen molar-refractivity contribution in [3.63, 3.8) is 0 Å². The van der Waals surface area contributed by atoms with Crippen molar-refractivity contribution < 1.29 is 13.9 Å². The molecule has 0 spiro atoms. The van der Waals surface area contributed by atoms with Gasteiger partial charge in [0, 0.05) is 5.75 Å². The highest BCUT2D eigenvalue weighted by Crippen LogP contribution is 2.11. The molecule has 0 radical (unpaired) electrons. The maximum absolute atomic E-state index is 10.2. The normalized spacial score (nSPS) is 12.8. The predicted octanol–water partition coefficient (Wildman–Crippen LogP) is 0.771. The Morgan fingerprint density at radius 1 is 1.55 bits per heavy atom. The number of hydrogen-bond acceptors (Lipinski definition) is 3. The summed E-state index contributed by atoms with van der Waals surface area (Å²) in [6.45, 7) is 0. The summed E-state index contributed by atoms with van der Waals surface area (Å²) in [6, 6.07) is 6.18. The van der Waals surface area contributed by atoms with Crippen LogP contribution < -0.4 is 0 Å². The molecule has 0 aromatic heterocycles. The third kappa shape index (κ3) is 2.69. The van der Waals surface area contributed by atoms with Gasteiger partial charge in [-0.1, -0.05) is 23.2 Å². The van der Waals surface area contributed by atoms with E-state index in [2.05, 4.69) is 0 Å². The SMILES string of the molecule is O=S([O-])Cc1cccc(O)c1. The molecule has 1 aromatic carbocycles. The molecule has 0 bridgehead atoms. The van der Waals surface area contributed by atoms with E-state index in [9.17, 15) is 8.76 Å². The molecule has 0 heterocycles. The van der Waals surface area contributed by atoms with Gasteiger partial charge in [0.05, 0.1) is 0 Å². The van der Waals surface area contributed by atoms with Gasteiger partial charge in [-0.25, -0.2) is 0 Å². The van der Waals surface area contributed by atoms with E-state index in [0.717, 1.165) is 0 Å². The highest BCUT2D eigenvalue weighted by molar-refractivity contribution is 7.78. The van der Waals surface area contributed by atoms with Gasteiger partial charge in [0.25, 0.3) is 0 Å². The minimum Gasteiger partial charge on any atom is -0.772 e. The van der Waals surface area contributed by atoms with Crippen LogP contribution in [0, 0.1) is 0 Å². The number of rotatable bonds is 2. The molecule has 0 fully saturated rings. The van der Waals surface area contributed by atoms with E-state index in [1.807, 2.05) is 0 Å². The topological polar surface area (TPSA) is 60.4 Å². The lowest BCUT2D eigenvalue weighted by molar-refractivity contribution is 0.474. The highest BCUT2D eigenvalue weighted by Gasteiger charge is 1.92. The molecule has 0 aliphatic heterocycles. The largest absolute Gasteiger partial charge is 0.772 e. The first-order valence-corrected chi connectivity index (χ1v) is 4.26. The average Bonchev–Trinajstić information content (AvgIpc) is 1.85. The summed E-state index contributed by atoms with van der Waals surface area (Å²) in [5, 5.41) is 8.92. The molecular weight excluding hydrogens is 164 g/mol. The second kappa shape index (κ2) is 3.50. The molecular formula is C7H7O3S-. The first-order valence-electron chi connectivity index (χ1n) is 3.02. The van der Waals surface area contributed by atoms with E-state index >= 15 is 0 Å². The van der Waals surface area contributed by atoms with Crippen LogP contribution in [0.3, 0.4) is 0 Å². The van der Waals surface area contributed by atoms with Crippen molar-refractivity contribution >= 4 is 11.1 Å². The zero-order valence-electron chi connectivity index (χ0n) is 5.69. The van der Waals surface area contributed by atoms with Gasteiger partial charge < -0.3 is 9.66 Å². The van der Waals surface area contributed by atoms with Crippen LogP contribution in [-0.2, 0) is 16.8 Å². The van der Waals surface area contributed by atoms with E-state index in [1.54, 1.807) is 12.1 Å². The highest BCUT2D eigenvalue weighted by atomic mass is 32.2. The van der Waals surface area contributed by atoms with Crippen molar-refractivity contribution in [3.8, 4) is 5.75 Å². The predicted molar refractivity (Wildman–Crippen MR) is 40.7 cm³/mol. The Bertz CT molecular complexity index is 272. The van der Waals surface area contributed by atoms with Gasteiger partial charge in [-0.15, -0.1) is 0 Å². The van der Waals surface area contributed by atoms with Crippen LogP contribution in [0.4, 0.5) is 0 Å². The van der Waals surface area contributed by atoms with Gasteiger partial charge >= 0.3 is 0 Å². The molecule has 1 unspecified atom stereocenters. The second-order valence-electron chi connectivity index (χ2n) is 2.12. The van der Waals surface area contributed by atoms with Crippen LogP contribution in [0.15, 0.2) is 24.3 Å². The van der Waals surface area contributed by atoms with Crippen molar-refractivity contribution in [2.45, 2.75) is 5.75 Å². The summed E-state index contributed by atoms with van der Waals surface area (Å²) >= 11 is -2.09. The molecule has 1 aromatic rings. The Balaban J connectivity index is 2.79. The number of aromatic hydroxyl groups is 1. The fraction of sp³-hybridized carbons (Fsp3) is 0.143. The zero-order chi connectivity index (χ0) is 8.27. The fourth-order valence-corrected chi connectivity index (χ4v) is 1.23. The van der Waals surface area contributed by atoms with Gasteiger partial charge in [-0.3, -0.25) is 4.21 Å². The van der Waals surface area contributed by atoms with Gasteiger partial charge in [-0.2, -0.15) is 0 Å². The maximum Gasteiger partial charge on any atom is 0.115 e. The molecule has 11 heavy (non-hydrogen) atoms. The lowest BCUT2D eigenvalue weighted by Crippen LogP contribution is -1.92. The van der Waals surface area contributed by atoms with Crippen molar-refractivity contribution in [2.75, 3.05) is 0 Å². The van der Waals surface area contributed by atoms with Crippen molar-refractivity contribution in [2.24, 2.45) is 0 Å². The van der Waals surface area contributed by atoms with Gasteiger partial charge in [-0.05, 0) is 17.7 Å². The molecule has 1 N–H and O–H groups in total. The Morgan fingerprint density at radius 3 is 2.82 bits per heavy atom. The minimum atomic E-state index is -2.09. The monoisotopic (exact) mass is 171 g/mol. The van der Waals surface area contributed by atoms with Gasteiger partial charge in [0.1, 0.15) is 5.75 Å². The number of hydrogen-bond donors (Lipinski definition) is 1. The molecule has 0 aliphatic rings. The van der Waals surface area contributed by atoms with Crippen LogP contribution in [-0.4, -0.2) is 13.9 Å². The Kier molecular flexibility index (Phi) is 2.62. The number of phenols is 1. The lowest BCUT2D eigenvalue weighted by atomic mass is 10.2. The average molecular weight is 171 g/mol. The summed E-state index contributed by atoms with van der Waals surface area (Å²) in [5.74, 6) is 0.0435. The molecule has 3 nitrogen and oxygen atoms in total. The Labute approximate surface area is 67.0 Å². The van der Waals surface area contributed by atoms with Crippen LogP contribution in [0.2, 0.25) is 0 Å². The van der Waals surface area contributed by atoms with Crippen molar-refractivity contribution in [1.82, 2.24) is 0 Å². The zero-order valence-corrected chi connectivity index (χ0v) is 6.50. The molecule has 0 saturated carbocycles. The van der Waals surface area contributed by atoms with Crippen molar-refractivity contribution in [3.05, 3.63) is 29.8 Å². The summed E-state index contributed by atoms with van der Waals surface area (Å²) in [7, 11) is 0. The van der Waals surface area contributed by atoms with Crippen LogP contribution >= 0.6 is 0 Å². The Hall–Kier alpha value is -0.870. The quantitative estimate of drug-likeness (QED) is 0.668. The number of phenolic OH excluding ortho intramolecular Hbond substituents is 1. The van der Waals surface area contributed by atoms with E-state index in [0.29, 0.717) is 5.56 Å². The second-order valence-corrected chi connectivity index (χ2v) is 3.01. The van der Waals surface area contributed by atoms with Gasteiger partial charge in [0.15, 0.2) is 0 Å². The summed E-state index contributed by atoms with van der Waals surface area (Å²) < 4.78 is 20.4. The smallest absolute Gasteiger partial charge is 0.115 e. The summed E-state index contributed by atoms with van der Waals surface area (Å²) in [6.07, 6.45) is 0.